The molecule has 57 heavy (non-hydrogen) atoms. The van der Waals surface area contributed by atoms with E-state index in [-0.39, 0.29) is 33.2 Å². The van der Waals surface area contributed by atoms with Gasteiger partial charge >= 0.3 is 21.7 Å². The first-order valence-electron chi connectivity index (χ1n) is 18.6. The maximum absolute atomic E-state index is 10.9. The number of hydrogen-bond donors (Lipinski definition) is 2. The Balaban J connectivity index is 0.000000157. The van der Waals surface area contributed by atoms with Crippen molar-refractivity contribution in [1.82, 2.24) is 0 Å². The smallest absolute Gasteiger partial charge is 0.654 e. The molecule has 270 valence electrons. The summed E-state index contributed by atoms with van der Waals surface area (Å²) in [4.78, 5) is 0. The zero-order valence-electron chi connectivity index (χ0n) is 30.9. The van der Waals surface area contributed by atoms with Gasteiger partial charge in [0.1, 0.15) is 11.5 Å². The van der Waals surface area contributed by atoms with Crippen molar-refractivity contribution in [3.63, 3.8) is 0 Å². The Labute approximate surface area is 346 Å². The third-order valence-electron chi connectivity index (χ3n) is 10.2. The van der Waals surface area contributed by atoms with Crippen LogP contribution in [0.25, 0.3) is 76.0 Å². The van der Waals surface area contributed by atoms with Gasteiger partial charge < -0.3 is 20.8 Å². The van der Waals surface area contributed by atoms with E-state index >= 15 is 0 Å². The Morgan fingerprint density at radius 3 is 0.825 bits per heavy atom. The van der Waals surface area contributed by atoms with E-state index < -0.39 is 0 Å². The number of benzene rings is 10. The molecule has 0 atom stereocenters. The third kappa shape index (κ3) is 7.45. The van der Waals surface area contributed by atoms with Crippen LogP contribution in [0.15, 0.2) is 206 Å². The van der Waals surface area contributed by atoms with Gasteiger partial charge in [-0.25, -0.2) is 0 Å². The molecule has 0 spiro atoms. The van der Waals surface area contributed by atoms with Gasteiger partial charge in [-0.05, 0) is 54.6 Å². The standard InChI is InChI=1S/2C26H18NO.Ti/c2*28-26-24-13-7-5-11-22(24)21-10-4-6-12-23(21)25(26)27-20-16-14-19(15-17-20)18-8-2-1-3-9-18;/h2*1-17,28H;/q2*-1;+2. The maximum atomic E-state index is 10.9. The van der Waals surface area contributed by atoms with Gasteiger partial charge in [-0.1, -0.05) is 218 Å². The van der Waals surface area contributed by atoms with Crippen LogP contribution in [0.2, 0.25) is 0 Å². The molecule has 0 radical (unpaired) electrons. The van der Waals surface area contributed by atoms with Gasteiger partial charge in [-0.2, -0.15) is 0 Å². The summed E-state index contributed by atoms with van der Waals surface area (Å²) in [6, 6.07) is 68.8. The molecule has 0 unspecified atom stereocenters. The van der Waals surface area contributed by atoms with E-state index in [0.29, 0.717) is 11.4 Å². The van der Waals surface area contributed by atoms with E-state index in [0.717, 1.165) is 65.6 Å². The minimum Gasteiger partial charge on any atom is -0.654 e. The molecule has 0 amide bonds. The Morgan fingerprint density at radius 2 is 0.491 bits per heavy atom. The van der Waals surface area contributed by atoms with Crippen molar-refractivity contribution < 1.29 is 31.9 Å². The second kappa shape index (κ2) is 16.5. The van der Waals surface area contributed by atoms with Gasteiger partial charge in [0.2, 0.25) is 0 Å². The first kappa shape index (κ1) is 37.1. The summed E-state index contributed by atoms with van der Waals surface area (Å²) in [6.07, 6.45) is 0. The van der Waals surface area contributed by atoms with Gasteiger partial charge in [-0.15, -0.1) is 11.4 Å². The van der Waals surface area contributed by atoms with Crippen LogP contribution in [-0.2, 0) is 21.7 Å². The van der Waals surface area contributed by atoms with Crippen LogP contribution in [0.1, 0.15) is 0 Å². The predicted molar refractivity (Wildman–Crippen MR) is 235 cm³/mol. The molecule has 10 aromatic carbocycles. The van der Waals surface area contributed by atoms with Crippen LogP contribution < -0.4 is 0 Å². The van der Waals surface area contributed by atoms with Crippen molar-refractivity contribution in [2.45, 2.75) is 0 Å². The molecule has 0 heterocycles. The minimum absolute atomic E-state index is 0. The van der Waals surface area contributed by atoms with Crippen LogP contribution in [0.3, 0.4) is 0 Å². The van der Waals surface area contributed by atoms with Crippen LogP contribution >= 0.6 is 0 Å². The largest absolute Gasteiger partial charge is 2.00 e. The topological polar surface area (TPSA) is 68.7 Å². The summed E-state index contributed by atoms with van der Waals surface area (Å²) in [7, 11) is 0. The molecular formula is C52H36N2O2Ti. The minimum atomic E-state index is 0. The van der Waals surface area contributed by atoms with Gasteiger partial charge in [-0.3, -0.25) is 0 Å². The number of phenols is 2. The molecule has 4 nitrogen and oxygen atoms in total. The average molecular weight is 769 g/mol. The molecule has 0 bridgehead atoms. The van der Waals surface area contributed by atoms with Crippen molar-refractivity contribution >= 4 is 65.8 Å². The first-order chi connectivity index (χ1) is 27.6. The van der Waals surface area contributed by atoms with Crippen molar-refractivity contribution in [3.8, 4) is 33.8 Å². The fourth-order valence-electron chi connectivity index (χ4n) is 7.41. The van der Waals surface area contributed by atoms with Crippen LogP contribution in [-0.4, -0.2) is 10.2 Å². The monoisotopic (exact) mass is 768 g/mol. The molecule has 0 fully saturated rings. The Morgan fingerprint density at radius 1 is 0.246 bits per heavy atom. The van der Waals surface area contributed by atoms with E-state index in [9.17, 15) is 10.2 Å². The van der Waals surface area contributed by atoms with Crippen LogP contribution in [0.4, 0.5) is 22.7 Å². The number of phenolic OH excluding ortho intramolecular Hbond substituents is 2. The summed E-state index contributed by atoms with van der Waals surface area (Å²) in [5.74, 6) is 0.447. The Kier molecular flexibility index (Phi) is 10.7. The maximum Gasteiger partial charge on any atom is 2.00 e. The molecule has 0 aromatic heterocycles. The van der Waals surface area contributed by atoms with Crippen molar-refractivity contribution in [3.05, 3.63) is 217 Å². The number of fused-ring (bicyclic) bond motifs is 6. The van der Waals surface area contributed by atoms with Gasteiger partial charge in [0.15, 0.2) is 0 Å². The van der Waals surface area contributed by atoms with E-state index in [1.165, 1.54) is 11.1 Å². The van der Waals surface area contributed by atoms with Crippen molar-refractivity contribution in [2.24, 2.45) is 0 Å². The molecule has 10 rings (SSSR count). The molecule has 0 aliphatic carbocycles. The molecular weight excluding hydrogens is 732 g/mol. The van der Waals surface area contributed by atoms with E-state index in [1.54, 1.807) is 0 Å². The Bertz CT molecular complexity index is 2760. The second-order valence-corrected chi connectivity index (χ2v) is 13.6. The number of hydrogen-bond acceptors (Lipinski definition) is 2. The summed E-state index contributed by atoms with van der Waals surface area (Å²) in [5, 5.41) is 39.3. The molecule has 0 aliphatic rings. The fourth-order valence-corrected chi connectivity index (χ4v) is 7.41. The summed E-state index contributed by atoms with van der Waals surface area (Å²) in [6.45, 7) is 0. The number of aromatic hydroxyl groups is 2. The zero-order valence-corrected chi connectivity index (χ0v) is 32.5. The average Bonchev–Trinajstić information content (AvgIpc) is 3.28. The quantitative estimate of drug-likeness (QED) is 0.131. The molecule has 2 N–H and O–H groups in total. The summed E-state index contributed by atoms with van der Waals surface area (Å²) < 4.78 is 0. The first-order valence-corrected chi connectivity index (χ1v) is 18.6. The second-order valence-electron chi connectivity index (χ2n) is 13.6. The molecule has 0 aliphatic heterocycles. The zero-order chi connectivity index (χ0) is 37.8. The third-order valence-corrected chi connectivity index (χ3v) is 10.2. The van der Waals surface area contributed by atoms with Gasteiger partial charge in [0, 0.05) is 10.8 Å². The summed E-state index contributed by atoms with van der Waals surface area (Å²) in [5.41, 5.74) is 7.50. The number of rotatable bonds is 6. The number of nitrogens with zero attached hydrogens (tertiary/aromatic N) is 2. The van der Waals surface area contributed by atoms with Gasteiger partial charge in [0.05, 0.1) is 0 Å². The molecule has 10 aromatic rings. The normalized spacial score (nSPS) is 10.8. The SMILES string of the molecule is Oc1c([N-]c2ccc(-c3ccccc3)cc2)c2ccccc2c2ccccc12.Oc1c([N-]c2ccc(-c3ccccc3)cc2)c2ccccc2c2ccccc12.[Ti+2]. The van der Waals surface area contributed by atoms with E-state index in [2.05, 4.69) is 60.7 Å². The van der Waals surface area contributed by atoms with Gasteiger partial charge in [0.25, 0.3) is 0 Å². The van der Waals surface area contributed by atoms with Crippen molar-refractivity contribution in [1.29, 1.82) is 0 Å². The van der Waals surface area contributed by atoms with Crippen LogP contribution in [0, 0.1) is 0 Å². The van der Waals surface area contributed by atoms with E-state index in [4.69, 9.17) is 10.6 Å². The molecule has 5 heteroatoms. The Hall–Kier alpha value is -6.85. The molecule has 0 saturated heterocycles. The van der Waals surface area contributed by atoms with Crippen LogP contribution in [0.5, 0.6) is 11.5 Å². The summed E-state index contributed by atoms with van der Waals surface area (Å²) >= 11 is 0. The molecule has 0 saturated carbocycles. The predicted octanol–water partition coefficient (Wildman–Crippen LogP) is 15.4. The van der Waals surface area contributed by atoms with Crippen molar-refractivity contribution in [2.75, 3.05) is 0 Å². The fraction of sp³-hybridized carbons (Fsp3) is 0. The van der Waals surface area contributed by atoms with E-state index in [1.807, 2.05) is 146 Å².